The third-order valence-electron chi connectivity index (χ3n) is 4.00. The molecule has 0 unspecified atom stereocenters. The number of nitrogens with one attached hydrogen (secondary N) is 1. The van der Waals surface area contributed by atoms with E-state index in [1.807, 2.05) is 30.3 Å². The number of para-hydroxylation sites is 1. The van der Waals surface area contributed by atoms with Gasteiger partial charge in [-0.15, -0.1) is 22.7 Å². The Hall–Kier alpha value is -2.35. The Bertz CT molecular complexity index is 1070. The van der Waals surface area contributed by atoms with Gasteiger partial charge in [0.2, 0.25) is 0 Å². The van der Waals surface area contributed by atoms with Gasteiger partial charge >= 0.3 is 0 Å². The molecule has 0 aliphatic carbocycles. The average Bonchev–Trinajstić information content (AvgIpc) is 3.22. The number of carbonyl (C=O) groups excluding carboxylic acids is 1. The fourth-order valence-corrected chi connectivity index (χ4v) is 4.91. The number of hydrogen-bond donors (Lipinski definition) is 1. The number of thiazole rings is 1. The molecule has 1 N–H and O–H groups in total. The number of rotatable bonds is 5. The van der Waals surface area contributed by atoms with Crippen LogP contribution >= 0.6 is 22.7 Å². The predicted molar refractivity (Wildman–Crippen MR) is 103 cm³/mol. The summed E-state index contributed by atoms with van der Waals surface area (Å²) in [6.45, 7) is 0.520. The molecule has 0 atom stereocenters. The lowest BCUT2D eigenvalue weighted by Gasteiger charge is -2.05. The Morgan fingerprint density at radius 2 is 1.96 bits per heavy atom. The fourth-order valence-electron chi connectivity index (χ4n) is 2.86. The molecule has 26 heavy (non-hydrogen) atoms. The molecule has 0 aliphatic rings. The summed E-state index contributed by atoms with van der Waals surface area (Å²) in [5, 5.41) is 4.19. The fraction of sp³-hybridized carbons (Fsp3) is 0.158. The van der Waals surface area contributed by atoms with E-state index in [0.717, 1.165) is 19.9 Å². The molecule has 2 aromatic heterocycles. The van der Waals surface area contributed by atoms with Crippen LogP contribution in [0.15, 0.2) is 42.5 Å². The lowest BCUT2D eigenvalue weighted by molar-refractivity contribution is 0.0950. The second-order valence-corrected chi connectivity index (χ2v) is 7.88. The first-order valence-corrected chi connectivity index (χ1v) is 9.62. The molecule has 0 spiro atoms. The summed E-state index contributed by atoms with van der Waals surface area (Å²) in [7, 11) is 1.53. The first kappa shape index (κ1) is 17.1. The van der Waals surface area contributed by atoms with E-state index in [1.165, 1.54) is 24.5 Å². The molecule has 2 heterocycles. The highest BCUT2D eigenvalue weighted by molar-refractivity contribution is 7.21. The number of carbonyl (C=O) groups is 1. The maximum absolute atomic E-state index is 14.2. The Balaban J connectivity index is 1.61. The second-order valence-electron chi connectivity index (χ2n) is 5.71. The van der Waals surface area contributed by atoms with Crippen molar-refractivity contribution in [2.24, 2.45) is 0 Å². The van der Waals surface area contributed by atoms with Crippen LogP contribution in [0.4, 0.5) is 4.39 Å². The summed E-state index contributed by atoms with van der Waals surface area (Å²) in [4.78, 5) is 17.7. The van der Waals surface area contributed by atoms with Crippen molar-refractivity contribution in [1.82, 2.24) is 10.3 Å². The van der Waals surface area contributed by atoms with Gasteiger partial charge in [0.15, 0.2) is 0 Å². The summed E-state index contributed by atoms with van der Waals surface area (Å²) < 4.78 is 21.2. The first-order valence-electron chi connectivity index (χ1n) is 7.99. The van der Waals surface area contributed by atoms with Crippen LogP contribution in [0.25, 0.3) is 20.3 Å². The number of ether oxygens (including phenoxy) is 1. The highest BCUT2D eigenvalue weighted by Crippen LogP contribution is 2.34. The van der Waals surface area contributed by atoms with Gasteiger partial charge in [0.25, 0.3) is 5.91 Å². The molecule has 1 amide bonds. The van der Waals surface area contributed by atoms with Crippen molar-refractivity contribution >= 4 is 48.9 Å². The SMILES string of the molecule is COCc1c(C(=O)NCc2nc3ccccc3s2)sc2cccc(F)c12. The van der Waals surface area contributed by atoms with Crippen LogP contribution in [0.5, 0.6) is 0 Å². The van der Waals surface area contributed by atoms with Crippen LogP contribution in [0, 0.1) is 5.82 Å². The van der Waals surface area contributed by atoms with Crippen LogP contribution < -0.4 is 5.32 Å². The Kier molecular flexibility index (Phi) is 4.67. The van der Waals surface area contributed by atoms with Crippen molar-refractivity contribution < 1.29 is 13.9 Å². The second kappa shape index (κ2) is 7.11. The summed E-state index contributed by atoms with van der Waals surface area (Å²) >= 11 is 2.83. The van der Waals surface area contributed by atoms with Gasteiger partial charge in [-0.3, -0.25) is 4.79 Å². The lowest BCUT2D eigenvalue weighted by atomic mass is 10.1. The minimum atomic E-state index is -0.337. The van der Waals surface area contributed by atoms with Crippen LogP contribution in [-0.2, 0) is 17.9 Å². The van der Waals surface area contributed by atoms with Crippen LogP contribution in [0.3, 0.4) is 0 Å². The highest BCUT2D eigenvalue weighted by atomic mass is 32.1. The molecule has 2 aromatic carbocycles. The number of hydrogen-bond acceptors (Lipinski definition) is 5. The molecule has 0 aliphatic heterocycles. The largest absolute Gasteiger partial charge is 0.380 e. The van der Waals surface area contributed by atoms with Crippen molar-refractivity contribution in [2.75, 3.05) is 7.11 Å². The van der Waals surface area contributed by atoms with Crippen molar-refractivity contribution in [3.05, 3.63) is 63.7 Å². The Labute approximate surface area is 157 Å². The zero-order chi connectivity index (χ0) is 18.1. The normalized spacial score (nSPS) is 11.3. The van der Waals surface area contributed by atoms with E-state index in [0.29, 0.717) is 22.4 Å². The summed E-state index contributed by atoms with van der Waals surface area (Å²) in [5.74, 6) is -0.576. The van der Waals surface area contributed by atoms with Crippen molar-refractivity contribution in [1.29, 1.82) is 0 Å². The van der Waals surface area contributed by atoms with Crippen molar-refractivity contribution in [3.8, 4) is 0 Å². The van der Waals surface area contributed by atoms with Crippen LogP contribution in [0.2, 0.25) is 0 Å². The number of halogens is 1. The lowest BCUT2D eigenvalue weighted by Crippen LogP contribution is -2.22. The zero-order valence-corrected chi connectivity index (χ0v) is 15.5. The number of methoxy groups -OCH3 is 1. The molecule has 4 nitrogen and oxygen atoms in total. The molecule has 4 rings (SSSR count). The molecular weight excluding hydrogens is 371 g/mol. The topological polar surface area (TPSA) is 51.2 Å². The van der Waals surface area contributed by atoms with Gasteiger partial charge in [-0.2, -0.15) is 0 Å². The molecule has 0 bridgehead atoms. The van der Waals surface area contributed by atoms with E-state index in [-0.39, 0.29) is 18.3 Å². The smallest absolute Gasteiger partial charge is 0.262 e. The van der Waals surface area contributed by atoms with Crippen molar-refractivity contribution in [3.63, 3.8) is 0 Å². The third kappa shape index (κ3) is 3.09. The van der Waals surface area contributed by atoms with Crippen LogP contribution in [-0.4, -0.2) is 18.0 Å². The average molecular weight is 386 g/mol. The summed E-state index contributed by atoms with van der Waals surface area (Å²) in [5.41, 5.74) is 1.51. The summed E-state index contributed by atoms with van der Waals surface area (Å²) in [6.07, 6.45) is 0. The maximum atomic E-state index is 14.2. The Morgan fingerprint density at radius 3 is 2.77 bits per heavy atom. The van der Waals surface area contributed by atoms with Gasteiger partial charge in [-0.1, -0.05) is 18.2 Å². The Morgan fingerprint density at radius 1 is 1.15 bits per heavy atom. The third-order valence-corrected chi connectivity index (χ3v) is 6.23. The first-order chi connectivity index (χ1) is 12.7. The molecule has 7 heteroatoms. The van der Waals surface area contributed by atoms with E-state index in [4.69, 9.17) is 4.74 Å². The van der Waals surface area contributed by atoms with E-state index in [2.05, 4.69) is 10.3 Å². The number of benzene rings is 2. The molecule has 132 valence electrons. The molecule has 0 radical (unpaired) electrons. The minimum Gasteiger partial charge on any atom is -0.380 e. The summed E-state index contributed by atoms with van der Waals surface area (Å²) in [6, 6.07) is 12.7. The standard InChI is InChI=1S/C19H15FN2O2S2/c1-24-10-11-17-12(20)5-4-8-15(17)26-18(11)19(23)21-9-16-22-13-6-2-3-7-14(13)25-16/h2-8H,9-10H2,1H3,(H,21,23). The minimum absolute atomic E-state index is 0.185. The number of amides is 1. The number of fused-ring (bicyclic) bond motifs is 2. The number of nitrogens with zero attached hydrogens (tertiary/aromatic N) is 1. The molecule has 0 saturated heterocycles. The van der Waals surface area contributed by atoms with Crippen molar-refractivity contribution in [2.45, 2.75) is 13.2 Å². The molecule has 4 aromatic rings. The maximum Gasteiger partial charge on any atom is 0.262 e. The van der Waals surface area contributed by atoms with Gasteiger partial charge in [-0.25, -0.2) is 9.37 Å². The van der Waals surface area contributed by atoms with Gasteiger partial charge in [0.05, 0.1) is 28.2 Å². The highest BCUT2D eigenvalue weighted by Gasteiger charge is 2.20. The molecule has 0 saturated carbocycles. The molecular formula is C19H15FN2O2S2. The monoisotopic (exact) mass is 386 g/mol. The quantitative estimate of drug-likeness (QED) is 0.540. The predicted octanol–water partition coefficient (Wildman–Crippen LogP) is 4.73. The van der Waals surface area contributed by atoms with Crippen LogP contribution in [0.1, 0.15) is 20.2 Å². The van der Waals surface area contributed by atoms with E-state index in [1.54, 1.807) is 17.4 Å². The molecule has 0 fully saturated rings. The van der Waals surface area contributed by atoms with Gasteiger partial charge < -0.3 is 10.1 Å². The van der Waals surface area contributed by atoms with Gasteiger partial charge in [0, 0.05) is 22.8 Å². The number of aromatic nitrogens is 1. The van der Waals surface area contributed by atoms with Gasteiger partial charge in [-0.05, 0) is 24.3 Å². The van der Waals surface area contributed by atoms with E-state index < -0.39 is 0 Å². The zero-order valence-electron chi connectivity index (χ0n) is 13.9. The van der Waals surface area contributed by atoms with Gasteiger partial charge in [0.1, 0.15) is 10.8 Å². The number of thiophene rings is 1. The van der Waals surface area contributed by atoms with E-state index >= 15 is 0 Å². The van der Waals surface area contributed by atoms with E-state index in [9.17, 15) is 9.18 Å².